The van der Waals surface area contributed by atoms with Gasteiger partial charge in [0.2, 0.25) is 0 Å². The zero-order valence-corrected chi connectivity index (χ0v) is 17.1. The standard InChI is InChI=1S/C21H30N2O5/c1-21(2,3)28-20(25)22-16-13-26-18-11-10-15(12-17(18)23(4)19(16)24)27-14-8-6-5-7-9-14/h10-12,14,16H,5-9,13H2,1-4H3,(H,22,25)/t16-/m0/s1. The van der Waals surface area contributed by atoms with Crippen LogP contribution in [0.4, 0.5) is 10.5 Å². The summed E-state index contributed by atoms with van der Waals surface area (Å²) < 4.78 is 17.1. The number of likely N-dealkylation sites (N-methyl/N-ethyl adjacent to an activating group) is 1. The fourth-order valence-electron chi connectivity index (χ4n) is 3.48. The van der Waals surface area contributed by atoms with Gasteiger partial charge in [0, 0.05) is 13.1 Å². The predicted molar refractivity (Wildman–Crippen MR) is 106 cm³/mol. The fraction of sp³-hybridized carbons (Fsp3) is 0.619. The van der Waals surface area contributed by atoms with Crippen molar-refractivity contribution in [2.75, 3.05) is 18.6 Å². The highest BCUT2D eigenvalue weighted by atomic mass is 16.6. The van der Waals surface area contributed by atoms with Gasteiger partial charge < -0.3 is 24.4 Å². The van der Waals surface area contributed by atoms with Crippen LogP contribution in [0.3, 0.4) is 0 Å². The number of rotatable bonds is 3. The van der Waals surface area contributed by atoms with Crippen molar-refractivity contribution in [1.29, 1.82) is 0 Å². The topological polar surface area (TPSA) is 77.1 Å². The first-order chi connectivity index (χ1) is 13.2. The zero-order valence-electron chi connectivity index (χ0n) is 17.1. The summed E-state index contributed by atoms with van der Waals surface area (Å²) in [4.78, 5) is 26.4. The van der Waals surface area contributed by atoms with Crippen LogP contribution in [0.2, 0.25) is 0 Å². The van der Waals surface area contributed by atoms with E-state index in [1.807, 2.05) is 18.2 Å². The number of alkyl carbamates (subject to hydrolysis) is 1. The molecule has 1 fully saturated rings. The highest BCUT2D eigenvalue weighted by Crippen LogP contribution is 2.35. The van der Waals surface area contributed by atoms with Crippen LogP contribution in [0, 0.1) is 0 Å². The summed E-state index contributed by atoms with van der Waals surface area (Å²) in [7, 11) is 1.67. The van der Waals surface area contributed by atoms with Gasteiger partial charge in [-0.15, -0.1) is 0 Å². The van der Waals surface area contributed by atoms with Gasteiger partial charge in [-0.05, 0) is 58.6 Å². The average molecular weight is 390 g/mol. The molecule has 1 aromatic carbocycles. The first kappa shape index (κ1) is 20.3. The third kappa shape index (κ3) is 5.09. The molecule has 2 aliphatic rings. The van der Waals surface area contributed by atoms with Gasteiger partial charge in [0.15, 0.2) is 0 Å². The Morgan fingerprint density at radius 3 is 2.61 bits per heavy atom. The molecular formula is C21H30N2O5. The van der Waals surface area contributed by atoms with Crippen LogP contribution in [0.5, 0.6) is 11.5 Å². The second-order valence-corrected chi connectivity index (χ2v) is 8.41. The average Bonchev–Trinajstić information content (AvgIpc) is 2.74. The molecule has 0 spiro atoms. The molecule has 1 aliphatic heterocycles. The minimum atomic E-state index is -0.824. The number of hydrogen-bond donors (Lipinski definition) is 1. The number of amides is 2. The van der Waals surface area contributed by atoms with Gasteiger partial charge in [-0.1, -0.05) is 6.42 Å². The molecule has 1 saturated carbocycles. The Bertz CT molecular complexity index is 722. The SMILES string of the molecule is CN1C(=O)[C@@H](NC(=O)OC(C)(C)C)COc2ccc(OC3CCCCC3)cc21. The third-order valence-corrected chi connectivity index (χ3v) is 4.87. The summed E-state index contributed by atoms with van der Waals surface area (Å²) >= 11 is 0. The maximum Gasteiger partial charge on any atom is 0.408 e. The summed E-state index contributed by atoms with van der Waals surface area (Å²) in [5.74, 6) is 1.05. The van der Waals surface area contributed by atoms with Gasteiger partial charge in [0.05, 0.1) is 11.8 Å². The first-order valence-corrected chi connectivity index (χ1v) is 9.93. The van der Waals surface area contributed by atoms with E-state index in [1.54, 1.807) is 27.8 Å². The maximum absolute atomic E-state index is 12.8. The Morgan fingerprint density at radius 1 is 1.21 bits per heavy atom. The van der Waals surface area contributed by atoms with Crippen molar-refractivity contribution < 1.29 is 23.8 Å². The van der Waals surface area contributed by atoms with E-state index in [-0.39, 0.29) is 18.6 Å². The van der Waals surface area contributed by atoms with Crippen molar-refractivity contribution in [2.24, 2.45) is 0 Å². The minimum absolute atomic E-state index is 0.0399. The number of hydrogen-bond acceptors (Lipinski definition) is 5. The molecule has 3 rings (SSSR count). The summed E-state index contributed by atoms with van der Waals surface area (Å²) in [6.07, 6.45) is 5.34. The van der Waals surface area contributed by atoms with Crippen LogP contribution in [-0.4, -0.2) is 43.4 Å². The van der Waals surface area contributed by atoms with E-state index in [9.17, 15) is 9.59 Å². The third-order valence-electron chi connectivity index (χ3n) is 4.87. The molecule has 1 N–H and O–H groups in total. The molecule has 7 heteroatoms. The van der Waals surface area contributed by atoms with Crippen molar-refractivity contribution >= 4 is 17.7 Å². The van der Waals surface area contributed by atoms with E-state index in [2.05, 4.69) is 5.32 Å². The Balaban J connectivity index is 1.70. The van der Waals surface area contributed by atoms with Gasteiger partial charge in [0.25, 0.3) is 5.91 Å². The maximum atomic E-state index is 12.8. The van der Waals surface area contributed by atoms with Crippen LogP contribution in [0.1, 0.15) is 52.9 Å². The lowest BCUT2D eigenvalue weighted by Crippen LogP contribution is -2.50. The molecule has 2 amide bonds. The number of benzene rings is 1. The monoisotopic (exact) mass is 390 g/mol. The predicted octanol–water partition coefficient (Wildman–Crippen LogP) is 3.65. The number of carbonyl (C=O) groups excluding carboxylic acids is 2. The molecular weight excluding hydrogens is 360 g/mol. The molecule has 1 heterocycles. The number of nitrogens with zero attached hydrogens (tertiary/aromatic N) is 1. The van der Waals surface area contributed by atoms with E-state index >= 15 is 0 Å². The van der Waals surface area contributed by atoms with Gasteiger partial charge in [-0.3, -0.25) is 4.79 Å². The summed E-state index contributed by atoms with van der Waals surface area (Å²) in [5.41, 5.74) is -0.00864. The molecule has 0 bridgehead atoms. The first-order valence-electron chi connectivity index (χ1n) is 9.93. The highest BCUT2D eigenvalue weighted by molar-refractivity contribution is 6.00. The van der Waals surface area contributed by atoms with Crippen LogP contribution >= 0.6 is 0 Å². The van der Waals surface area contributed by atoms with Crippen LogP contribution in [0.25, 0.3) is 0 Å². The van der Waals surface area contributed by atoms with Crippen molar-refractivity contribution in [1.82, 2.24) is 5.32 Å². The Labute approximate surface area is 166 Å². The van der Waals surface area contributed by atoms with Crippen LogP contribution < -0.4 is 19.7 Å². The zero-order chi connectivity index (χ0) is 20.3. The van der Waals surface area contributed by atoms with Crippen molar-refractivity contribution in [2.45, 2.75) is 70.6 Å². The Morgan fingerprint density at radius 2 is 1.93 bits per heavy atom. The lowest BCUT2D eigenvalue weighted by Gasteiger charge is -2.25. The van der Waals surface area contributed by atoms with Crippen molar-refractivity contribution in [3.8, 4) is 11.5 Å². The molecule has 1 aliphatic carbocycles. The van der Waals surface area contributed by atoms with Gasteiger partial charge >= 0.3 is 6.09 Å². The number of ether oxygens (including phenoxy) is 3. The number of carbonyl (C=O) groups is 2. The molecule has 0 aromatic heterocycles. The minimum Gasteiger partial charge on any atom is -0.490 e. The second kappa shape index (κ2) is 8.29. The molecule has 1 aromatic rings. The van der Waals surface area contributed by atoms with Crippen molar-refractivity contribution in [3.63, 3.8) is 0 Å². The van der Waals surface area contributed by atoms with Crippen molar-refractivity contribution in [3.05, 3.63) is 18.2 Å². The Hall–Kier alpha value is -2.44. The summed E-state index contributed by atoms with van der Waals surface area (Å²) in [6, 6.07) is 4.69. The molecule has 154 valence electrons. The molecule has 0 saturated heterocycles. The lowest BCUT2D eigenvalue weighted by atomic mass is 9.98. The van der Waals surface area contributed by atoms with E-state index in [0.717, 1.165) is 18.6 Å². The van der Waals surface area contributed by atoms with Crippen LogP contribution in [-0.2, 0) is 9.53 Å². The Kier molecular flexibility index (Phi) is 6.01. The molecule has 0 radical (unpaired) electrons. The fourth-order valence-corrected chi connectivity index (χ4v) is 3.48. The van der Waals surface area contributed by atoms with E-state index in [4.69, 9.17) is 14.2 Å². The molecule has 28 heavy (non-hydrogen) atoms. The smallest absolute Gasteiger partial charge is 0.408 e. The van der Waals surface area contributed by atoms with Gasteiger partial charge in [0.1, 0.15) is 29.7 Å². The van der Waals surface area contributed by atoms with E-state index < -0.39 is 17.7 Å². The quantitative estimate of drug-likeness (QED) is 0.853. The number of fused-ring (bicyclic) bond motifs is 1. The normalized spacial score (nSPS) is 20.6. The molecule has 1 atom stereocenters. The summed E-state index contributed by atoms with van der Waals surface area (Å²) in [5, 5.41) is 2.60. The van der Waals surface area contributed by atoms with E-state index in [1.165, 1.54) is 24.2 Å². The van der Waals surface area contributed by atoms with E-state index in [0.29, 0.717) is 11.4 Å². The van der Waals surface area contributed by atoms with Crippen LogP contribution in [0.15, 0.2) is 18.2 Å². The number of nitrogens with one attached hydrogen (secondary N) is 1. The highest BCUT2D eigenvalue weighted by Gasteiger charge is 2.32. The van der Waals surface area contributed by atoms with Gasteiger partial charge in [-0.25, -0.2) is 4.79 Å². The van der Waals surface area contributed by atoms with Gasteiger partial charge in [-0.2, -0.15) is 0 Å². The molecule has 7 nitrogen and oxygen atoms in total. The lowest BCUT2D eigenvalue weighted by molar-refractivity contribution is -0.120. The number of anilines is 1. The summed E-state index contributed by atoms with van der Waals surface area (Å²) in [6.45, 7) is 5.35. The molecule has 0 unspecified atom stereocenters. The largest absolute Gasteiger partial charge is 0.490 e. The second-order valence-electron chi connectivity index (χ2n) is 8.41.